The van der Waals surface area contributed by atoms with Crippen molar-refractivity contribution in [1.29, 1.82) is 0 Å². The van der Waals surface area contributed by atoms with Crippen molar-refractivity contribution in [3.8, 4) is 0 Å². The van der Waals surface area contributed by atoms with Crippen molar-refractivity contribution in [2.45, 2.75) is 25.2 Å². The lowest BCUT2D eigenvalue weighted by Gasteiger charge is -2.32. The average molecular weight is 260 g/mol. The predicted octanol–water partition coefficient (Wildman–Crippen LogP) is 2.83. The van der Waals surface area contributed by atoms with E-state index in [0.717, 1.165) is 5.56 Å². The molecule has 0 aliphatic heterocycles. The van der Waals surface area contributed by atoms with Gasteiger partial charge in [0.1, 0.15) is 0 Å². The summed E-state index contributed by atoms with van der Waals surface area (Å²) in [6.07, 6.45) is -4.17. The van der Waals surface area contributed by atoms with Crippen LogP contribution in [0.3, 0.4) is 0 Å². The number of nitrogens with zero attached hydrogens (tertiary/aromatic N) is 1. The fourth-order valence-corrected chi connectivity index (χ4v) is 2.03. The average Bonchev–Trinajstić information content (AvgIpc) is 2.29. The molecule has 102 valence electrons. The molecule has 0 spiro atoms. The maximum absolute atomic E-state index is 12.4. The van der Waals surface area contributed by atoms with Crippen LogP contribution < -0.4 is 5.32 Å². The van der Waals surface area contributed by atoms with E-state index < -0.39 is 12.7 Å². The first kappa shape index (κ1) is 15.0. The Morgan fingerprint density at radius 1 is 1.22 bits per heavy atom. The topological polar surface area (TPSA) is 15.3 Å². The van der Waals surface area contributed by atoms with Gasteiger partial charge in [-0.1, -0.05) is 30.3 Å². The first-order valence-electron chi connectivity index (χ1n) is 5.84. The van der Waals surface area contributed by atoms with Crippen LogP contribution in [0.25, 0.3) is 0 Å². The summed E-state index contributed by atoms with van der Waals surface area (Å²) in [5.41, 5.74) is 0.988. The monoisotopic (exact) mass is 260 g/mol. The van der Waals surface area contributed by atoms with Crippen molar-refractivity contribution in [3.05, 3.63) is 35.9 Å². The first-order valence-corrected chi connectivity index (χ1v) is 5.84. The molecule has 0 heterocycles. The van der Waals surface area contributed by atoms with E-state index in [-0.39, 0.29) is 12.1 Å². The van der Waals surface area contributed by atoms with Crippen molar-refractivity contribution in [2.75, 3.05) is 20.6 Å². The van der Waals surface area contributed by atoms with Gasteiger partial charge in [0, 0.05) is 12.1 Å². The number of likely N-dealkylation sites (N-methyl/N-ethyl adjacent to an activating group) is 2. The highest BCUT2D eigenvalue weighted by Crippen LogP contribution is 2.23. The largest absolute Gasteiger partial charge is 0.401 e. The molecule has 0 fully saturated rings. The van der Waals surface area contributed by atoms with E-state index >= 15 is 0 Å². The minimum atomic E-state index is -4.17. The number of halogens is 3. The zero-order valence-electron chi connectivity index (χ0n) is 10.8. The van der Waals surface area contributed by atoms with E-state index in [1.54, 1.807) is 14.0 Å². The number of nitrogens with one attached hydrogen (secondary N) is 1. The summed E-state index contributed by atoms with van der Waals surface area (Å²) in [5, 5.41) is 3.08. The van der Waals surface area contributed by atoms with Gasteiger partial charge in [-0.15, -0.1) is 0 Å². The molecule has 1 aromatic carbocycles. The quantitative estimate of drug-likeness (QED) is 0.875. The number of hydrogen-bond donors (Lipinski definition) is 1. The third kappa shape index (κ3) is 4.31. The van der Waals surface area contributed by atoms with Crippen LogP contribution in [0.15, 0.2) is 30.3 Å². The number of hydrogen-bond acceptors (Lipinski definition) is 2. The van der Waals surface area contributed by atoms with Crippen LogP contribution >= 0.6 is 0 Å². The lowest BCUT2D eigenvalue weighted by Crippen LogP contribution is -2.43. The molecule has 2 nitrogen and oxygen atoms in total. The highest BCUT2D eigenvalue weighted by atomic mass is 19.4. The predicted molar refractivity (Wildman–Crippen MR) is 66.4 cm³/mol. The minimum Gasteiger partial charge on any atom is -0.312 e. The Balaban J connectivity index is 2.77. The first-order chi connectivity index (χ1) is 8.35. The lowest BCUT2D eigenvalue weighted by atomic mass is 10.00. The molecule has 5 heteroatoms. The molecule has 1 rings (SSSR count). The molecule has 2 unspecified atom stereocenters. The third-order valence-electron chi connectivity index (χ3n) is 3.08. The van der Waals surface area contributed by atoms with Gasteiger partial charge in [0.2, 0.25) is 0 Å². The van der Waals surface area contributed by atoms with Crippen molar-refractivity contribution in [1.82, 2.24) is 10.2 Å². The van der Waals surface area contributed by atoms with Crippen LogP contribution in [0.4, 0.5) is 13.2 Å². The molecule has 1 aromatic rings. The Morgan fingerprint density at radius 2 is 1.78 bits per heavy atom. The Morgan fingerprint density at radius 3 is 2.22 bits per heavy atom. The molecule has 0 amide bonds. The second-order valence-corrected chi connectivity index (χ2v) is 4.45. The Kier molecular flexibility index (Phi) is 5.16. The Hall–Kier alpha value is -1.07. The molecule has 0 aromatic heterocycles. The van der Waals surface area contributed by atoms with Crippen LogP contribution in [0, 0.1) is 0 Å². The summed E-state index contributed by atoms with van der Waals surface area (Å²) in [4.78, 5) is 1.31. The zero-order valence-corrected chi connectivity index (χ0v) is 10.8. The van der Waals surface area contributed by atoms with E-state index in [9.17, 15) is 13.2 Å². The van der Waals surface area contributed by atoms with E-state index in [1.807, 2.05) is 30.3 Å². The summed E-state index contributed by atoms with van der Waals surface area (Å²) in [6, 6.07) is 9.11. The Labute approximate surface area is 106 Å². The van der Waals surface area contributed by atoms with Crippen molar-refractivity contribution < 1.29 is 13.2 Å². The molecule has 0 saturated carbocycles. The van der Waals surface area contributed by atoms with Crippen LogP contribution in [0.1, 0.15) is 18.5 Å². The maximum Gasteiger partial charge on any atom is 0.401 e. The zero-order chi connectivity index (χ0) is 13.8. The van der Waals surface area contributed by atoms with E-state index in [1.165, 1.54) is 11.9 Å². The summed E-state index contributed by atoms with van der Waals surface area (Å²) < 4.78 is 37.1. The van der Waals surface area contributed by atoms with Gasteiger partial charge in [0.05, 0.1) is 6.54 Å². The molecule has 1 N–H and O–H groups in total. The second kappa shape index (κ2) is 6.20. The van der Waals surface area contributed by atoms with Gasteiger partial charge in [-0.05, 0) is 26.6 Å². The summed E-state index contributed by atoms with van der Waals surface area (Å²) in [7, 11) is 3.25. The summed E-state index contributed by atoms with van der Waals surface area (Å²) in [5.74, 6) is 0. The minimum absolute atomic E-state index is 0.126. The van der Waals surface area contributed by atoms with Crippen molar-refractivity contribution >= 4 is 0 Å². The third-order valence-corrected chi connectivity index (χ3v) is 3.08. The smallest absolute Gasteiger partial charge is 0.312 e. The standard InChI is InChI=1S/C13H19F3N2/c1-10(18(3)9-13(14,15)16)12(17-2)11-7-5-4-6-8-11/h4-8,10,12,17H,9H2,1-3H3. The molecule has 0 saturated heterocycles. The molecule has 0 aliphatic rings. The van der Waals surface area contributed by atoms with Gasteiger partial charge in [-0.3, -0.25) is 4.90 Å². The molecule has 18 heavy (non-hydrogen) atoms. The van der Waals surface area contributed by atoms with E-state index in [0.29, 0.717) is 0 Å². The summed E-state index contributed by atoms with van der Waals surface area (Å²) in [6.45, 7) is 0.888. The van der Waals surface area contributed by atoms with Gasteiger partial charge >= 0.3 is 6.18 Å². The van der Waals surface area contributed by atoms with E-state index in [2.05, 4.69) is 5.32 Å². The van der Waals surface area contributed by atoms with E-state index in [4.69, 9.17) is 0 Å². The highest BCUT2D eigenvalue weighted by Gasteiger charge is 2.33. The van der Waals surface area contributed by atoms with Crippen molar-refractivity contribution in [3.63, 3.8) is 0 Å². The van der Waals surface area contributed by atoms with Crippen LogP contribution in [0.5, 0.6) is 0 Å². The molecular weight excluding hydrogens is 241 g/mol. The van der Waals surface area contributed by atoms with Crippen LogP contribution in [-0.2, 0) is 0 Å². The second-order valence-electron chi connectivity index (χ2n) is 4.45. The van der Waals surface area contributed by atoms with Gasteiger partial charge in [-0.25, -0.2) is 0 Å². The molecule has 0 aliphatic carbocycles. The summed E-state index contributed by atoms with van der Waals surface area (Å²) >= 11 is 0. The lowest BCUT2D eigenvalue weighted by molar-refractivity contribution is -0.147. The number of benzene rings is 1. The van der Waals surface area contributed by atoms with Gasteiger partial charge in [-0.2, -0.15) is 13.2 Å². The molecule has 2 atom stereocenters. The maximum atomic E-state index is 12.4. The fraction of sp³-hybridized carbons (Fsp3) is 0.538. The Bertz CT molecular complexity index is 351. The van der Waals surface area contributed by atoms with Gasteiger partial charge in [0.25, 0.3) is 0 Å². The molecule has 0 radical (unpaired) electrons. The number of rotatable bonds is 5. The SMILES string of the molecule is CNC(c1ccccc1)C(C)N(C)CC(F)(F)F. The van der Waals surface area contributed by atoms with Gasteiger partial charge < -0.3 is 5.32 Å². The fourth-order valence-electron chi connectivity index (χ4n) is 2.03. The highest BCUT2D eigenvalue weighted by molar-refractivity contribution is 5.20. The van der Waals surface area contributed by atoms with Gasteiger partial charge in [0.15, 0.2) is 0 Å². The van der Waals surface area contributed by atoms with Crippen LogP contribution in [0.2, 0.25) is 0 Å². The molecular formula is C13H19F3N2. The van der Waals surface area contributed by atoms with Crippen LogP contribution in [-0.4, -0.2) is 37.8 Å². The van der Waals surface area contributed by atoms with Crippen molar-refractivity contribution in [2.24, 2.45) is 0 Å². The number of alkyl halides is 3. The normalized spacial score (nSPS) is 15.7. The molecule has 0 bridgehead atoms.